The highest BCUT2D eigenvalue weighted by Gasteiger charge is 2.10. The highest BCUT2D eigenvalue weighted by molar-refractivity contribution is 5.77. The lowest BCUT2D eigenvalue weighted by Crippen LogP contribution is -2.32. The monoisotopic (exact) mass is 247 g/mol. The maximum Gasteiger partial charge on any atom is 0.258 e. The molecule has 1 aromatic heterocycles. The van der Waals surface area contributed by atoms with Crippen molar-refractivity contribution in [2.24, 2.45) is 0 Å². The third-order valence-electron chi connectivity index (χ3n) is 3.08. The van der Waals surface area contributed by atoms with Gasteiger partial charge < -0.3 is 10.1 Å². The third kappa shape index (κ3) is 2.57. The Morgan fingerprint density at radius 3 is 2.89 bits per heavy atom. The molecule has 96 valence electrons. The molecular formula is C13H17N3O2. The lowest BCUT2D eigenvalue weighted by molar-refractivity contribution is 0.151. The maximum atomic E-state index is 11.9. The first-order valence-electron chi connectivity index (χ1n) is 5.91. The topological polar surface area (TPSA) is 69.2 Å². The van der Waals surface area contributed by atoms with E-state index in [0.29, 0.717) is 23.3 Å². The summed E-state index contributed by atoms with van der Waals surface area (Å²) in [7, 11) is 1.88. The second-order valence-electron chi connectivity index (χ2n) is 4.48. The first kappa shape index (κ1) is 12.7. The van der Waals surface area contributed by atoms with Crippen LogP contribution in [-0.4, -0.2) is 39.7 Å². The van der Waals surface area contributed by atoms with Crippen molar-refractivity contribution >= 4 is 10.9 Å². The van der Waals surface area contributed by atoms with Crippen molar-refractivity contribution in [2.75, 3.05) is 13.7 Å². The summed E-state index contributed by atoms with van der Waals surface area (Å²) in [6.45, 7) is 2.50. The van der Waals surface area contributed by atoms with E-state index in [1.807, 2.05) is 37.1 Å². The van der Waals surface area contributed by atoms with Crippen LogP contribution >= 0.6 is 0 Å². The van der Waals surface area contributed by atoms with Gasteiger partial charge in [-0.2, -0.15) is 0 Å². The first-order valence-corrected chi connectivity index (χ1v) is 5.91. The summed E-state index contributed by atoms with van der Waals surface area (Å²) in [6, 6.07) is 7.29. The van der Waals surface area contributed by atoms with Crippen molar-refractivity contribution in [3.63, 3.8) is 0 Å². The molecule has 0 spiro atoms. The minimum atomic E-state index is -0.124. The number of aromatic amines is 1. The van der Waals surface area contributed by atoms with Crippen LogP contribution in [0.15, 0.2) is 29.1 Å². The fraction of sp³-hybridized carbons (Fsp3) is 0.385. The number of nitrogens with zero attached hydrogens (tertiary/aromatic N) is 2. The number of rotatable bonds is 4. The van der Waals surface area contributed by atoms with E-state index in [0.717, 1.165) is 0 Å². The van der Waals surface area contributed by atoms with Crippen molar-refractivity contribution < 1.29 is 5.11 Å². The average Bonchev–Trinajstić information content (AvgIpc) is 2.37. The quantitative estimate of drug-likeness (QED) is 0.836. The molecule has 1 aromatic carbocycles. The number of aromatic nitrogens is 2. The van der Waals surface area contributed by atoms with E-state index in [2.05, 4.69) is 9.97 Å². The summed E-state index contributed by atoms with van der Waals surface area (Å²) in [6.07, 6.45) is 0. The Bertz CT molecular complexity index is 594. The van der Waals surface area contributed by atoms with Crippen LogP contribution < -0.4 is 5.56 Å². The molecule has 0 aliphatic rings. The van der Waals surface area contributed by atoms with E-state index in [4.69, 9.17) is 5.11 Å². The van der Waals surface area contributed by atoms with Gasteiger partial charge in [0.15, 0.2) is 0 Å². The number of nitrogens with one attached hydrogen (secondary N) is 1. The molecule has 2 rings (SSSR count). The van der Waals surface area contributed by atoms with Gasteiger partial charge >= 0.3 is 0 Å². The number of hydrogen-bond donors (Lipinski definition) is 2. The fourth-order valence-corrected chi connectivity index (χ4v) is 1.74. The smallest absolute Gasteiger partial charge is 0.258 e. The number of fused-ring (bicyclic) bond motifs is 1. The Morgan fingerprint density at radius 2 is 2.17 bits per heavy atom. The Kier molecular flexibility index (Phi) is 3.74. The van der Waals surface area contributed by atoms with Crippen LogP contribution in [0.4, 0.5) is 0 Å². The predicted octanol–water partition coefficient (Wildman–Crippen LogP) is 0.736. The van der Waals surface area contributed by atoms with Crippen LogP contribution in [0.5, 0.6) is 0 Å². The minimum Gasteiger partial charge on any atom is -0.395 e. The zero-order valence-corrected chi connectivity index (χ0v) is 10.6. The van der Waals surface area contributed by atoms with Crippen LogP contribution in [0.2, 0.25) is 0 Å². The van der Waals surface area contributed by atoms with Gasteiger partial charge in [-0.25, -0.2) is 4.98 Å². The van der Waals surface area contributed by atoms with Gasteiger partial charge in [0.25, 0.3) is 5.56 Å². The van der Waals surface area contributed by atoms with E-state index in [9.17, 15) is 4.79 Å². The molecule has 1 atom stereocenters. The van der Waals surface area contributed by atoms with E-state index in [1.54, 1.807) is 6.07 Å². The number of likely N-dealkylation sites (N-methyl/N-ethyl adjacent to an activating group) is 1. The third-order valence-corrected chi connectivity index (χ3v) is 3.08. The largest absolute Gasteiger partial charge is 0.395 e. The number of hydrogen-bond acceptors (Lipinski definition) is 4. The molecule has 0 saturated heterocycles. The van der Waals surface area contributed by atoms with Gasteiger partial charge in [0.1, 0.15) is 5.82 Å². The summed E-state index contributed by atoms with van der Waals surface area (Å²) in [5.41, 5.74) is 0.571. The second-order valence-corrected chi connectivity index (χ2v) is 4.48. The molecule has 1 heterocycles. The summed E-state index contributed by atoms with van der Waals surface area (Å²) in [4.78, 5) is 21.0. The molecule has 1 unspecified atom stereocenters. The zero-order chi connectivity index (χ0) is 13.1. The van der Waals surface area contributed by atoms with Crippen LogP contribution in [0.1, 0.15) is 12.7 Å². The van der Waals surface area contributed by atoms with Crippen molar-refractivity contribution in [1.82, 2.24) is 14.9 Å². The van der Waals surface area contributed by atoms with Crippen molar-refractivity contribution in [3.05, 3.63) is 40.4 Å². The number of para-hydroxylation sites is 1. The van der Waals surface area contributed by atoms with E-state index in [-0.39, 0.29) is 18.2 Å². The number of aliphatic hydroxyl groups excluding tert-OH is 1. The number of aliphatic hydroxyl groups is 1. The van der Waals surface area contributed by atoms with Gasteiger partial charge in [0.05, 0.1) is 24.1 Å². The van der Waals surface area contributed by atoms with E-state index < -0.39 is 0 Å². The summed E-state index contributed by atoms with van der Waals surface area (Å²) >= 11 is 0. The van der Waals surface area contributed by atoms with Crippen LogP contribution in [0.3, 0.4) is 0 Å². The normalized spacial score (nSPS) is 13.1. The van der Waals surface area contributed by atoms with Crippen molar-refractivity contribution in [2.45, 2.75) is 19.5 Å². The second kappa shape index (κ2) is 5.29. The van der Waals surface area contributed by atoms with Crippen LogP contribution in [0.25, 0.3) is 10.9 Å². The zero-order valence-electron chi connectivity index (χ0n) is 10.6. The molecule has 0 saturated carbocycles. The number of benzene rings is 1. The average molecular weight is 247 g/mol. The number of H-pyrrole nitrogens is 1. The van der Waals surface area contributed by atoms with Gasteiger partial charge in [0.2, 0.25) is 0 Å². The molecule has 2 aromatic rings. The van der Waals surface area contributed by atoms with Crippen LogP contribution in [-0.2, 0) is 6.54 Å². The summed E-state index contributed by atoms with van der Waals surface area (Å²) in [5.74, 6) is 0.613. The molecular weight excluding hydrogens is 230 g/mol. The van der Waals surface area contributed by atoms with Crippen LogP contribution in [0, 0.1) is 0 Å². The van der Waals surface area contributed by atoms with Gasteiger partial charge in [-0.05, 0) is 26.1 Å². The fourth-order valence-electron chi connectivity index (χ4n) is 1.74. The molecule has 0 radical (unpaired) electrons. The molecule has 18 heavy (non-hydrogen) atoms. The first-order chi connectivity index (χ1) is 8.61. The molecule has 0 amide bonds. The van der Waals surface area contributed by atoms with Crippen molar-refractivity contribution in [3.8, 4) is 0 Å². The van der Waals surface area contributed by atoms with Gasteiger partial charge in [-0.1, -0.05) is 12.1 Å². The molecule has 2 N–H and O–H groups in total. The Morgan fingerprint density at radius 1 is 1.44 bits per heavy atom. The van der Waals surface area contributed by atoms with Gasteiger partial charge in [-0.3, -0.25) is 9.69 Å². The maximum absolute atomic E-state index is 11.9. The van der Waals surface area contributed by atoms with E-state index in [1.165, 1.54) is 0 Å². The molecule has 0 bridgehead atoms. The standard InChI is InChI=1S/C13H17N3O2/c1-9(8-17)16(2)7-12-14-11-6-4-3-5-10(11)13(18)15-12/h3-6,9,17H,7-8H2,1-2H3,(H,14,15,18). The highest BCUT2D eigenvalue weighted by atomic mass is 16.3. The minimum absolute atomic E-state index is 0.0294. The Labute approximate surface area is 105 Å². The molecule has 0 fully saturated rings. The summed E-state index contributed by atoms with van der Waals surface area (Å²) in [5, 5.41) is 9.67. The molecule has 0 aliphatic heterocycles. The molecule has 0 aliphatic carbocycles. The van der Waals surface area contributed by atoms with E-state index >= 15 is 0 Å². The van der Waals surface area contributed by atoms with Gasteiger partial charge in [-0.15, -0.1) is 0 Å². The highest BCUT2D eigenvalue weighted by Crippen LogP contribution is 2.07. The lowest BCUT2D eigenvalue weighted by atomic mass is 10.2. The molecule has 5 nitrogen and oxygen atoms in total. The Hall–Kier alpha value is -1.72. The predicted molar refractivity (Wildman–Crippen MR) is 70.4 cm³/mol. The Balaban J connectivity index is 2.33. The summed E-state index contributed by atoms with van der Waals surface area (Å²) < 4.78 is 0. The van der Waals surface area contributed by atoms with Gasteiger partial charge in [0, 0.05) is 6.04 Å². The SMILES string of the molecule is CC(CO)N(C)Cc1nc2ccccc2c(=O)[nH]1. The lowest BCUT2D eigenvalue weighted by Gasteiger charge is -2.21. The molecule has 5 heteroatoms. The van der Waals surface area contributed by atoms with Crippen molar-refractivity contribution in [1.29, 1.82) is 0 Å².